The van der Waals surface area contributed by atoms with E-state index in [1.54, 1.807) is 18.2 Å². The Bertz CT molecular complexity index is 646. The molecular formula is C15H14IN3O2. The van der Waals surface area contributed by atoms with Gasteiger partial charge in [-0.1, -0.05) is 18.2 Å². The Morgan fingerprint density at radius 3 is 2.67 bits per heavy atom. The van der Waals surface area contributed by atoms with E-state index in [0.29, 0.717) is 6.42 Å². The van der Waals surface area contributed by atoms with Gasteiger partial charge in [-0.2, -0.15) is 0 Å². The maximum absolute atomic E-state index is 12.0. The van der Waals surface area contributed by atoms with E-state index in [1.807, 2.05) is 24.3 Å². The molecule has 108 valence electrons. The highest BCUT2D eigenvalue weighted by Crippen LogP contribution is 2.10. The van der Waals surface area contributed by atoms with Crippen LogP contribution in [-0.2, 0) is 11.2 Å². The van der Waals surface area contributed by atoms with Gasteiger partial charge in [-0.05, 0) is 52.4 Å². The Balaban J connectivity index is 2.09. The van der Waals surface area contributed by atoms with Crippen LogP contribution in [0.4, 0.5) is 0 Å². The Kier molecular flexibility index (Phi) is 5.26. The van der Waals surface area contributed by atoms with Gasteiger partial charge < -0.3 is 11.1 Å². The van der Waals surface area contributed by atoms with Crippen LogP contribution in [0, 0.1) is 3.57 Å². The summed E-state index contributed by atoms with van der Waals surface area (Å²) in [6.07, 6.45) is 1.87. The summed E-state index contributed by atoms with van der Waals surface area (Å²) in [5.41, 5.74) is 6.57. The molecule has 0 bridgehead atoms. The van der Waals surface area contributed by atoms with Crippen molar-refractivity contribution in [1.29, 1.82) is 0 Å². The van der Waals surface area contributed by atoms with Crippen LogP contribution >= 0.6 is 22.6 Å². The molecule has 2 amide bonds. The van der Waals surface area contributed by atoms with Crippen LogP contribution in [0.25, 0.3) is 0 Å². The van der Waals surface area contributed by atoms with Gasteiger partial charge in [0.2, 0.25) is 5.91 Å². The van der Waals surface area contributed by atoms with Crippen molar-refractivity contribution < 1.29 is 9.59 Å². The molecule has 0 saturated heterocycles. The summed E-state index contributed by atoms with van der Waals surface area (Å²) < 4.78 is 1.06. The van der Waals surface area contributed by atoms with Gasteiger partial charge in [0, 0.05) is 16.2 Å². The number of nitrogens with two attached hydrogens (primary N) is 1. The SMILES string of the molecule is NC(=O)[C@@H](Cc1cccc(I)c1)NC(=O)c1ccccn1. The number of hydrogen-bond donors (Lipinski definition) is 2. The van der Waals surface area contributed by atoms with E-state index in [-0.39, 0.29) is 5.69 Å². The summed E-state index contributed by atoms with van der Waals surface area (Å²) in [5.74, 6) is -0.983. The molecule has 0 saturated carbocycles. The van der Waals surface area contributed by atoms with E-state index in [9.17, 15) is 9.59 Å². The summed E-state index contributed by atoms with van der Waals surface area (Å²) in [4.78, 5) is 27.5. The first-order chi connectivity index (χ1) is 10.1. The zero-order chi connectivity index (χ0) is 15.2. The van der Waals surface area contributed by atoms with Gasteiger partial charge in [0.05, 0.1) is 0 Å². The number of nitrogens with zero attached hydrogens (tertiary/aromatic N) is 1. The summed E-state index contributed by atoms with van der Waals surface area (Å²) >= 11 is 2.19. The monoisotopic (exact) mass is 395 g/mol. The molecule has 21 heavy (non-hydrogen) atoms. The topological polar surface area (TPSA) is 85.1 Å². The van der Waals surface area contributed by atoms with Gasteiger partial charge in [0.15, 0.2) is 0 Å². The number of rotatable bonds is 5. The molecule has 0 unspecified atom stereocenters. The zero-order valence-corrected chi connectivity index (χ0v) is 13.3. The molecular weight excluding hydrogens is 381 g/mol. The fourth-order valence-electron chi connectivity index (χ4n) is 1.85. The first kappa shape index (κ1) is 15.4. The largest absolute Gasteiger partial charge is 0.368 e. The number of benzene rings is 1. The molecule has 1 aromatic heterocycles. The Morgan fingerprint density at radius 1 is 1.24 bits per heavy atom. The second-order valence-electron chi connectivity index (χ2n) is 4.48. The molecule has 0 fully saturated rings. The number of hydrogen-bond acceptors (Lipinski definition) is 3. The zero-order valence-electron chi connectivity index (χ0n) is 11.1. The van der Waals surface area contributed by atoms with Crippen molar-refractivity contribution in [1.82, 2.24) is 10.3 Å². The maximum Gasteiger partial charge on any atom is 0.270 e. The van der Waals surface area contributed by atoms with Gasteiger partial charge in [-0.25, -0.2) is 0 Å². The number of aromatic nitrogens is 1. The Hall–Kier alpha value is -1.96. The summed E-state index contributed by atoms with van der Waals surface area (Å²) in [6.45, 7) is 0. The molecule has 1 atom stereocenters. The minimum atomic E-state index is -0.766. The average Bonchev–Trinajstić information content (AvgIpc) is 2.47. The van der Waals surface area contributed by atoms with Crippen LogP contribution in [0.1, 0.15) is 16.1 Å². The molecule has 6 heteroatoms. The molecule has 0 aliphatic heterocycles. The molecule has 1 aromatic carbocycles. The fourth-order valence-corrected chi connectivity index (χ4v) is 2.46. The van der Waals surface area contributed by atoms with Crippen molar-refractivity contribution in [3.8, 4) is 0 Å². The molecule has 3 N–H and O–H groups in total. The number of carbonyl (C=O) groups excluding carboxylic acids is 2. The van der Waals surface area contributed by atoms with E-state index < -0.39 is 17.9 Å². The second-order valence-corrected chi connectivity index (χ2v) is 5.72. The first-order valence-electron chi connectivity index (χ1n) is 6.32. The average molecular weight is 395 g/mol. The molecule has 0 aliphatic rings. The lowest BCUT2D eigenvalue weighted by atomic mass is 10.1. The quantitative estimate of drug-likeness (QED) is 0.753. The van der Waals surface area contributed by atoms with Crippen molar-refractivity contribution in [3.05, 3.63) is 63.5 Å². The molecule has 0 radical (unpaired) electrons. The third kappa shape index (κ3) is 4.52. The number of amides is 2. The van der Waals surface area contributed by atoms with Gasteiger partial charge >= 0.3 is 0 Å². The summed E-state index contributed by atoms with van der Waals surface area (Å²) in [6, 6.07) is 11.9. The smallest absolute Gasteiger partial charge is 0.270 e. The molecule has 0 aliphatic carbocycles. The fraction of sp³-hybridized carbons (Fsp3) is 0.133. The molecule has 1 heterocycles. The third-order valence-electron chi connectivity index (χ3n) is 2.88. The normalized spacial score (nSPS) is 11.7. The number of primary amides is 1. The van der Waals surface area contributed by atoms with Gasteiger partial charge in [0.1, 0.15) is 11.7 Å². The van der Waals surface area contributed by atoms with Crippen molar-refractivity contribution in [2.75, 3.05) is 0 Å². The van der Waals surface area contributed by atoms with E-state index >= 15 is 0 Å². The van der Waals surface area contributed by atoms with E-state index in [4.69, 9.17) is 5.73 Å². The van der Waals surface area contributed by atoms with Crippen molar-refractivity contribution in [3.63, 3.8) is 0 Å². The maximum atomic E-state index is 12.0. The van der Waals surface area contributed by atoms with Crippen LogP contribution in [-0.4, -0.2) is 22.8 Å². The molecule has 5 nitrogen and oxygen atoms in total. The summed E-state index contributed by atoms with van der Waals surface area (Å²) in [7, 11) is 0. The standard InChI is InChI=1S/C15H14IN3O2/c16-11-5-3-4-10(8-11)9-13(14(17)20)19-15(21)12-6-1-2-7-18-12/h1-8,13H,9H2,(H2,17,20)(H,19,21)/t13-/m1/s1. The van der Waals surface area contributed by atoms with E-state index in [1.165, 1.54) is 6.20 Å². The number of halogens is 1. The van der Waals surface area contributed by atoms with E-state index in [2.05, 4.69) is 32.9 Å². The third-order valence-corrected chi connectivity index (χ3v) is 3.55. The minimum absolute atomic E-state index is 0.256. The van der Waals surface area contributed by atoms with E-state index in [0.717, 1.165) is 9.13 Å². The molecule has 2 aromatic rings. The highest BCUT2D eigenvalue weighted by atomic mass is 127. The van der Waals surface area contributed by atoms with Crippen LogP contribution < -0.4 is 11.1 Å². The lowest BCUT2D eigenvalue weighted by molar-refractivity contribution is -0.119. The Morgan fingerprint density at radius 2 is 2.05 bits per heavy atom. The van der Waals surface area contributed by atoms with Crippen molar-refractivity contribution in [2.24, 2.45) is 5.73 Å². The predicted molar refractivity (Wildman–Crippen MR) is 87.5 cm³/mol. The predicted octanol–water partition coefficient (Wildman–Crippen LogP) is 1.51. The van der Waals surface area contributed by atoms with Crippen molar-refractivity contribution >= 4 is 34.4 Å². The van der Waals surface area contributed by atoms with Crippen LogP contribution in [0.2, 0.25) is 0 Å². The number of pyridine rings is 1. The summed E-state index contributed by atoms with van der Waals surface area (Å²) in [5, 5.41) is 2.62. The highest BCUT2D eigenvalue weighted by Gasteiger charge is 2.20. The lowest BCUT2D eigenvalue weighted by Crippen LogP contribution is -2.46. The minimum Gasteiger partial charge on any atom is -0.368 e. The van der Waals surface area contributed by atoms with Crippen LogP contribution in [0.3, 0.4) is 0 Å². The van der Waals surface area contributed by atoms with Crippen LogP contribution in [0.5, 0.6) is 0 Å². The van der Waals surface area contributed by atoms with Gasteiger partial charge in [-0.15, -0.1) is 0 Å². The van der Waals surface area contributed by atoms with Crippen LogP contribution in [0.15, 0.2) is 48.7 Å². The Labute approximate surface area is 136 Å². The highest BCUT2D eigenvalue weighted by molar-refractivity contribution is 14.1. The lowest BCUT2D eigenvalue weighted by Gasteiger charge is -2.15. The molecule has 0 spiro atoms. The number of nitrogens with one attached hydrogen (secondary N) is 1. The first-order valence-corrected chi connectivity index (χ1v) is 7.40. The van der Waals surface area contributed by atoms with Gasteiger partial charge in [0.25, 0.3) is 5.91 Å². The second kappa shape index (κ2) is 7.16. The van der Waals surface area contributed by atoms with Crippen molar-refractivity contribution in [2.45, 2.75) is 12.5 Å². The molecule has 2 rings (SSSR count). The van der Waals surface area contributed by atoms with Gasteiger partial charge in [-0.3, -0.25) is 14.6 Å². The number of carbonyl (C=O) groups is 2.